The maximum Gasteiger partial charge on any atom is 0.145 e. The first-order chi connectivity index (χ1) is 31.2. The van der Waals surface area contributed by atoms with E-state index >= 15 is 0 Å². The van der Waals surface area contributed by atoms with Gasteiger partial charge in [-0.25, -0.2) is 0 Å². The topological polar surface area (TPSA) is 51.8 Å². The second-order valence-electron chi connectivity index (χ2n) is 17.3. The number of hydrogen-bond acceptors (Lipinski definition) is 4. The van der Waals surface area contributed by atoms with Crippen molar-refractivity contribution in [2.45, 2.75) is 52.8 Å². The number of nitrogens with zero attached hydrogens (tertiary/aromatic N) is 3. The normalized spacial score (nSPS) is 11.0. The van der Waals surface area contributed by atoms with Crippen LogP contribution in [-0.4, -0.2) is 23.0 Å². The van der Waals surface area contributed by atoms with Gasteiger partial charge in [0.15, 0.2) is 0 Å². The van der Waals surface area contributed by atoms with Gasteiger partial charge in [-0.15, -0.1) is 0 Å². The molecule has 325 valence electrons. The van der Waals surface area contributed by atoms with Crippen molar-refractivity contribution in [2.75, 3.05) is 0 Å². The standard InChI is InChI=1S/C29H19NO.C17H23NSi.C13H13N.Ir/c1-3-9-20(10-4-1)22-17-18-30-26(19-22)24-16-15-23(21-11-5-2-6-12-21)28-25-13-7-8-14-27(25)31-29(24)28;1-13(2)15-11-16(14-9-7-6-8-10-14)18-12-17(15)19(3,4)5;1-2-11-8-9-14-13(10-11)12-6-4-3-5-7-12;/h1-19H;6-13H,1-5H3;3-10H,2H2,1H3;. The molecule has 0 amide bonds. The molecule has 0 aliphatic carbocycles. The van der Waals surface area contributed by atoms with Crippen molar-refractivity contribution in [3.8, 4) is 56.0 Å². The summed E-state index contributed by atoms with van der Waals surface area (Å²) in [6.07, 6.45) is 6.92. The number of rotatable bonds is 8. The Bertz CT molecular complexity index is 3090. The Morgan fingerprint density at radius 1 is 0.492 bits per heavy atom. The van der Waals surface area contributed by atoms with Crippen LogP contribution in [0.4, 0.5) is 0 Å². The van der Waals surface area contributed by atoms with Crippen LogP contribution < -0.4 is 5.19 Å². The maximum absolute atomic E-state index is 6.41. The van der Waals surface area contributed by atoms with Gasteiger partial charge in [0.25, 0.3) is 0 Å². The van der Waals surface area contributed by atoms with Crippen LogP contribution in [0.1, 0.15) is 37.8 Å². The van der Waals surface area contributed by atoms with Crippen molar-refractivity contribution in [1.82, 2.24) is 15.0 Å². The van der Waals surface area contributed by atoms with E-state index in [4.69, 9.17) is 14.4 Å². The van der Waals surface area contributed by atoms with Crippen LogP contribution >= 0.6 is 0 Å². The summed E-state index contributed by atoms with van der Waals surface area (Å²) in [4.78, 5) is 13.7. The molecule has 65 heavy (non-hydrogen) atoms. The van der Waals surface area contributed by atoms with E-state index in [1.165, 1.54) is 44.1 Å². The number of aryl methyl sites for hydroxylation is 1. The first kappa shape index (κ1) is 46.4. The van der Waals surface area contributed by atoms with Crippen molar-refractivity contribution in [3.63, 3.8) is 0 Å². The Labute approximate surface area is 398 Å². The zero-order chi connectivity index (χ0) is 44.5. The van der Waals surface area contributed by atoms with Gasteiger partial charge in [-0.2, -0.15) is 0 Å². The van der Waals surface area contributed by atoms with Gasteiger partial charge in [-0.1, -0.05) is 186 Å². The van der Waals surface area contributed by atoms with Crippen LogP contribution in [0.3, 0.4) is 0 Å². The molecule has 10 rings (SSSR count). The molecule has 0 N–H and O–H groups in total. The van der Waals surface area contributed by atoms with Gasteiger partial charge in [0.05, 0.1) is 25.2 Å². The van der Waals surface area contributed by atoms with E-state index in [1.807, 2.05) is 67.0 Å². The van der Waals surface area contributed by atoms with E-state index in [1.54, 1.807) is 0 Å². The van der Waals surface area contributed by atoms with E-state index in [0.29, 0.717) is 5.92 Å². The third kappa shape index (κ3) is 11.0. The average Bonchev–Trinajstić information content (AvgIpc) is 3.75. The Kier molecular flexibility index (Phi) is 15.3. The molecule has 0 saturated heterocycles. The molecule has 0 bridgehead atoms. The summed E-state index contributed by atoms with van der Waals surface area (Å²) in [5, 5.41) is 3.74. The van der Waals surface area contributed by atoms with Gasteiger partial charge in [-0.05, 0) is 93.4 Å². The summed E-state index contributed by atoms with van der Waals surface area (Å²) in [6.45, 7) is 13.9. The number of hydrogen-bond donors (Lipinski definition) is 0. The van der Waals surface area contributed by atoms with Crippen LogP contribution in [0.25, 0.3) is 78.0 Å². The molecule has 6 heteroatoms. The summed E-state index contributed by atoms with van der Waals surface area (Å²) in [6, 6.07) is 64.8. The molecule has 0 unspecified atom stereocenters. The van der Waals surface area contributed by atoms with Gasteiger partial charge in [0, 0.05) is 66.2 Å². The molecule has 6 aromatic carbocycles. The smallest absolute Gasteiger partial charge is 0.145 e. The zero-order valence-electron chi connectivity index (χ0n) is 38.0. The fourth-order valence-electron chi connectivity index (χ4n) is 8.08. The molecule has 0 fully saturated rings. The maximum atomic E-state index is 6.41. The summed E-state index contributed by atoms with van der Waals surface area (Å²) >= 11 is 0. The minimum Gasteiger partial charge on any atom is -0.455 e. The van der Waals surface area contributed by atoms with Gasteiger partial charge >= 0.3 is 0 Å². The molecule has 4 heterocycles. The van der Waals surface area contributed by atoms with Crippen molar-refractivity contribution in [2.24, 2.45) is 0 Å². The summed E-state index contributed by atoms with van der Waals surface area (Å²) in [5.41, 5.74) is 15.7. The van der Waals surface area contributed by atoms with Crippen LogP contribution in [0.5, 0.6) is 0 Å². The van der Waals surface area contributed by atoms with Crippen molar-refractivity contribution in [1.29, 1.82) is 0 Å². The quantitative estimate of drug-likeness (QED) is 0.142. The second-order valence-corrected chi connectivity index (χ2v) is 22.4. The number of pyridine rings is 3. The second kappa shape index (κ2) is 21.4. The molecular formula is C59H55IrN3OSi. The number of fused-ring (bicyclic) bond motifs is 3. The molecule has 4 nitrogen and oxygen atoms in total. The summed E-state index contributed by atoms with van der Waals surface area (Å²) in [7, 11) is -1.33. The van der Waals surface area contributed by atoms with Crippen LogP contribution in [0, 0.1) is 0 Å². The third-order valence-electron chi connectivity index (χ3n) is 11.5. The largest absolute Gasteiger partial charge is 0.455 e. The van der Waals surface area contributed by atoms with Gasteiger partial charge < -0.3 is 4.42 Å². The van der Waals surface area contributed by atoms with Gasteiger partial charge in [0.1, 0.15) is 11.2 Å². The monoisotopic (exact) mass is 1040 g/mol. The van der Waals surface area contributed by atoms with Crippen LogP contribution in [0.15, 0.2) is 211 Å². The van der Waals surface area contributed by atoms with E-state index < -0.39 is 8.07 Å². The Morgan fingerprint density at radius 2 is 1.02 bits per heavy atom. The van der Waals surface area contributed by atoms with E-state index in [-0.39, 0.29) is 20.1 Å². The first-order valence-corrected chi connectivity index (χ1v) is 25.8. The van der Waals surface area contributed by atoms with Crippen molar-refractivity contribution < 1.29 is 24.5 Å². The molecule has 0 spiro atoms. The number of aromatic nitrogens is 3. The van der Waals surface area contributed by atoms with E-state index in [9.17, 15) is 0 Å². The van der Waals surface area contributed by atoms with Gasteiger partial charge in [0.2, 0.25) is 0 Å². The molecule has 0 saturated carbocycles. The predicted molar refractivity (Wildman–Crippen MR) is 274 cm³/mol. The molecule has 0 aliphatic rings. The fraction of sp³-hybridized carbons (Fsp3) is 0.136. The van der Waals surface area contributed by atoms with E-state index in [2.05, 4.69) is 185 Å². The SMILES string of the molecule is CC(C)c1cc(-c2ccccc2)ncc1[Si](C)(C)C.CCc1ccnc(-c2ccccc2)c1.[Ir].c1ccc(-c2ccnc(-c3ccc(-c4ccccc4)c4c3oc3ccccc34)c2)cc1. The minimum absolute atomic E-state index is 0. The predicted octanol–water partition coefficient (Wildman–Crippen LogP) is 15.7. The number of benzene rings is 6. The van der Waals surface area contributed by atoms with Crippen molar-refractivity contribution in [3.05, 3.63) is 218 Å². The molecule has 10 aromatic rings. The fourth-order valence-corrected chi connectivity index (χ4v) is 9.76. The average molecular weight is 1040 g/mol. The minimum atomic E-state index is -1.33. The number of para-hydroxylation sites is 1. The molecule has 4 aromatic heterocycles. The molecule has 1 radical (unpaired) electrons. The summed E-state index contributed by atoms with van der Waals surface area (Å²) in [5.74, 6) is 0.548. The zero-order valence-corrected chi connectivity index (χ0v) is 41.4. The molecular weight excluding hydrogens is 987 g/mol. The van der Waals surface area contributed by atoms with Crippen LogP contribution in [0.2, 0.25) is 19.6 Å². The van der Waals surface area contributed by atoms with Crippen molar-refractivity contribution >= 4 is 35.2 Å². The molecule has 0 atom stereocenters. The summed E-state index contributed by atoms with van der Waals surface area (Å²) < 4.78 is 6.41. The van der Waals surface area contributed by atoms with Gasteiger partial charge in [-0.3, -0.25) is 15.0 Å². The Balaban J connectivity index is 0.000000159. The van der Waals surface area contributed by atoms with Crippen LogP contribution in [-0.2, 0) is 26.5 Å². The first-order valence-electron chi connectivity index (χ1n) is 22.3. The Morgan fingerprint density at radius 3 is 1.62 bits per heavy atom. The van der Waals surface area contributed by atoms with E-state index in [0.717, 1.165) is 56.6 Å². The number of furan rings is 1. The Hall–Kier alpha value is -6.56. The molecule has 0 aliphatic heterocycles. The third-order valence-corrected chi connectivity index (χ3v) is 13.5.